The van der Waals surface area contributed by atoms with Crippen molar-refractivity contribution < 1.29 is 18.3 Å². The van der Waals surface area contributed by atoms with Gasteiger partial charge in [0.15, 0.2) is 5.96 Å². The molecule has 0 saturated heterocycles. The normalized spacial score (nSPS) is 15.2. The van der Waals surface area contributed by atoms with Gasteiger partial charge in [-0.15, -0.1) is 0 Å². The van der Waals surface area contributed by atoms with Crippen molar-refractivity contribution in [1.82, 2.24) is 15.5 Å². The van der Waals surface area contributed by atoms with Crippen molar-refractivity contribution in [2.75, 3.05) is 20.6 Å². The maximum Gasteiger partial charge on any atom is 0.387 e. The Kier molecular flexibility index (Phi) is 7.62. The van der Waals surface area contributed by atoms with E-state index in [9.17, 15) is 13.6 Å². The third kappa shape index (κ3) is 6.50. The van der Waals surface area contributed by atoms with Crippen molar-refractivity contribution in [3.63, 3.8) is 0 Å². The first-order chi connectivity index (χ1) is 12.5. The highest BCUT2D eigenvalue weighted by Crippen LogP contribution is 2.21. The summed E-state index contributed by atoms with van der Waals surface area (Å²) in [5.74, 6) is 0.530. The summed E-state index contributed by atoms with van der Waals surface area (Å²) in [5, 5.41) is 6.34. The maximum absolute atomic E-state index is 12.5. The van der Waals surface area contributed by atoms with Crippen LogP contribution in [0.4, 0.5) is 8.78 Å². The van der Waals surface area contributed by atoms with Gasteiger partial charge in [-0.25, -0.2) is 4.99 Å². The van der Waals surface area contributed by atoms with Gasteiger partial charge in [-0.1, -0.05) is 31.0 Å². The van der Waals surface area contributed by atoms with Crippen LogP contribution in [-0.2, 0) is 11.3 Å². The monoisotopic (exact) mass is 368 g/mol. The van der Waals surface area contributed by atoms with E-state index in [0.29, 0.717) is 17.6 Å². The Hall–Kier alpha value is -2.38. The number of rotatable bonds is 7. The number of carbonyl (C=O) groups excluding carboxylic acids is 1. The molecule has 1 aromatic carbocycles. The molecule has 0 heterocycles. The predicted octanol–water partition coefficient (Wildman–Crippen LogP) is 2.35. The minimum Gasteiger partial charge on any atom is -0.434 e. The fraction of sp³-hybridized carbons (Fsp3) is 0.556. The second-order valence-corrected chi connectivity index (χ2v) is 6.42. The Morgan fingerprint density at radius 3 is 2.65 bits per heavy atom. The Morgan fingerprint density at radius 1 is 1.31 bits per heavy atom. The summed E-state index contributed by atoms with van der Waals surface area (Å²) in [5.41, 5.74) is 0.555. The van der Waals surface area contributed by atoms with Gasteiger partial charge in [-0.3, -0.25) is 4.79 Å². The Balaban J connectivity index is 2.06. The molecule has 26 heavy (non-hydrogen) atoms. The number of hydrogen-bond acceptors (Lipinski definition) is 3. The number of ether oxygens (including phenoxy) is 1. The molecule has 0 aromatic heterocycles. The van der Waals surface area contributed by atoms with E-state index in [1.165, 1.54) is 11.0 Å². The Bertz CT molecular complexity index is 617. The zero-order valence-electron chi connectivity index (χ0n) is 15.2. The van der Waals surface area contributed by atoms with Crippen molar-refractivity contribution in [3.8, 4) is 5.75 Å². The molecule has 0 radical (unpaired) electrons. The number of amides is 1. The molecule has 6 nitrogen and oxygen atoms in total. The van der Waals surface area contributed by atoms with Gasteiger partial charge in [0, 0.05) is 25.7 Å². The van der Waals surface area contributed by atoms with Crippen molar-refractivity contribution in [2.24, 2.45) is 4.99 Å². The van der Waals surface area contributed by atoms with E-state index in [4.69, 9.17) is 0 Å². The maximum atomic E-state index is 12.5. The molecule has 2 rings (SSSR count). The molecule has 1 amide bonds. The lowest BCUT2D eigenvalue weighted by atomic mass is 10.2. The Labute approximate surface area is 152 Å². The predicted molar refractivity (Wildman–Crippen MR) is 96.3 cm³/mol. The third-order valence-corrected chi connectivity index (χ3v) is 4.20. The topological polar surface area (TPSA) is 66.0 Å². The molecule has 0 atom stereocenters. The van der Waals surface area contributed by atoms with Crippen LogP contribution in [0.25, 0.3) is 0 Å². The van der Waals surface area contributed by atoms with Crippen LogP contribution in [0.15, 0.2) is 29.3 Å². The second kappa shape index (κ2) is 9.94. The summed E-state index contributed by atoms with van der Waals surface area (Å²) in [4.78, 5) is 17.8. The number of halogens is 2. The zero-order valence-corrected chi connectivity index (χ0v) is 15.2. The van der Waals surface area contributed by atoms with Crippen LogP contribution < -0.4 is 15.4 Å². The minimum atomic E-state index is -2.88. The summed E-state index contributed by atoms with van der Waals surface area (Å²) in [6, 6.07) is 6.87. The second-order valence-electron chi connectivity index (χ2n) is 6.42. The summed E-state index contributed by atoms with van der Waals surface area (Å²) in [6.45, 7) is -2.60. The summed E-state index contributed by atoms with van der Waals surface area (Å²) < 4.78 is 29.6. The molecule has 2 N–H and O–H groups in total. The standard InChI is InChI=1S/C18H26F2N4O2/c1-24(2)16(25)12-22-18(23-14-8-4-5-9-14)21-11-13-7-3-6-10-15(13)26-17(19)20/h3,6-7,10,14,17H,4-5,8-9,11-12H2,1-2H3,(H2,21,22,23). The molecule has 0 bridgehead atoms. The summed E-state index contributed by atoms with van der Waals surface area (Å²) in [7, 11) is 3.37. The van der Waals surface area contributed by atoms with Gasteiger partial charge >= 0.3 is 6.61 Å². The average molecular weight is 368 g/mol. The first kappa shape index (κ1) is 19.9. The van der Waals surface area contributed by atoms with Gasteiger partial charge in [-0.2, -0.15) is 8.78 Å². The lowest BCUT2D eigenvalue weighted by Crippen LogP contribution is -2.46. The van der Waals surface area contributed by atoms with Gasteiger partial charge in [0.2, 0.25) is 5.91 Å². The van der Waals surface area contributed by atoms with Gasteiger partial charge in [0.25, 0.3) is 0 Å². The quantitative estimate of drug-likeness (QED) is 0.573. The molecule has 0 unspecified atom stereocenters. The highest BCUT2D eigenvalue weighted by molar-refractivity contribution is 5.86. The smallest absolute Gasteiger partial charge is 0.387 e. The first-order valence-corrected chi connectivity index (χ1v) is 8.73. The molecule has 1 aliphatic rings. The fourth-order valence-corrected chi connectivity index (χ4v) is 2.74. The van der Waals surface area contributed by atoms with Crippen LogP contribution >= 0.6 is 0 Å². The van der Waals surface area contributed by atoms with Gasteiger partial charge in [0.05, 0.1) is 13.1 Å². The molecule has 1 saturated carbocycles. The van der Waals surface area contributed by atoms with E-state index in [-0.39, 0.29) is 24.7 Å². The van der Waals surface area contributed by atoms with Crippen molar-refractivity contribution in [1.29, 1.82) is 0 Å². The van der Waals surface area contributed by atoms with E-state index >= 15 is 0 Å². The molecule has 144 valence electrons. The number of aliphatic imine (C=N–C) groups is 1. The first-order valence-electron chi connectivity index (χ1n) is 8.73. The van der Waals surface area contributed by atoms with E-state index in [1.54, 1.807) is 32.3 Å². The van der Waals surface area contributed by atoms with E-state index < -0.39 is 6.61 Å². The lowest BCUT2D eigenvalue weighted by molar-refractivity contribution is -0.127. The number of alkyl halides is 2. The largest absolute Gasteiger partial charge is 0.434 e. The van der Waals surface area contributed by atoms with E-state index in [2.05, 4.69) is 20.4 Å². The van der Waals surface area contributed by atoms with Crippen molar-refractivity contribution in [2.45, 2.75) is 44.9 Å². The highest BCUT2D eigenvalue weighted by atomic mass is 19.3. The number of hydrogen-bond donors (Lipinski definition) is 2. The zero-order chi connectivity index (χ0) is 18.9. The van der Waals surface area contributed by atoms with Crippen LogP contribution in [0.2, 0.25) is 0 Å². The molecular formula is C18H26F2N4O2. The van der Waals surface area contributed by atoms with E-state index in [1.807, 2.05) is 0 Å². The molecule has 8 heteroatoms. The molecule has 1 aliphatic carbocycles. The van der Waals surface area contributed by atoms with E-state index in [0.717, 1.165) is 25.7 Å². The van der Waals surface area contributed by atoms with Crippen LogP contribution in [0.5, 0.6) is 5.75 Å². The number of guanidine groups is 1. The lowest BCUT2D eigenvalue weighted by Gasteiger charge is -2.18. The van der Waals surface area contributed by atoms with Crippen molar-refractivity contribution >= 4 is 11.9 Å². The van der Waals surface area contributed by atoms with Crippen LogP contribution in [0, 0.1) is 0 Å². The van der Waals surface area contributed by atoms with Gasteiger partial charge in [-0.05, 0) is 18.9 Å². The molecular weight excluding hydrogens is 342 g/mol. The third-order valence-electron chi connectivity index (χ3n) is 4.20. The van der Waals surface area contributed by atoms with Crippen molar-refractivity contribution in [3.05, 3.63) is 29.8 Å². The molecule has 1 fully saturated rings. The minimum absolute atomic E-state index is 0.0765. The van der Waals surface area contributed by atoms with Gasteiger partial charge in [0.1, 0.15) is 5.75 Å². The highest BCUT2D eigenvalue weighted by Gasteiger charge is 2.17. The van der Waals surface area contributed by atoms with Crippen LogP contribution in [-0.4, -0.2) is 50.1 Å². The number of carbonyl (C=O) groups is 1. The number of nitrogens with zero attached hydrogens (tertiary/aromatic N) is 2. The number of para-hydroxylation sites is 1. The van der Waals surface area contributed by atoms with Gasteiger partial charge < -0.3 is 20.3 Å². The fourth-order valence-electron chi connectivity index (χ4n) is 2.74. The Morgan fingerprint density at radius 2 is 2.00 bits per heavy atom. The number of benzene rings is 1. The number of nitrogens with one attached hydrogen (secondary N) is 2. The number of likely N-dealkylation sites (N-methyl/N-ethyl adjacent to an activating group) is 1. The molecule has 1 aromatic rings. The molecule has 0 aliphatic heterocycles. The molecule has 0 spiro atoms. The SMILES string of the molecule is CN(C)C(=O)CNC(=NCc1ccccc1OC(F)F)NC1CCCC1. The van der Waals surface area contributed by atoms with Crippen LogP contribution in [0.3, 0.4) is 0 Å². The average Bonchev–Trinajstić information content (AvgIpc) is 3.10. The summed E-state index contributed by atoms with van der Waals surface area (Å²) >= 11 is 0. The summed E-state index contributed by atoms with van der Waals surface area (Å²) in [6.07, 6.45) is 4.42. The van der Waals surface area contributed by atoms with Crippen LogP contribution in [0.1, 0.15) is 31.2 Å².